The molecule has 1 aromatic heterocycles. The van der Waals surface area contributed by atoms with Crippen molar-refractivity contribution in [3.05, 3.63) is 16.1 Å². The number of amides is 1. The van der Waals surface area contributed by atoms with Gasteiger partial charge in [-0.05, 0) is 26.8 Å². The fourth-order valence-electron chi connectivity index (χ4n) is 2.58. The molecule has 2 N–H and O–H groups in total. The minimum atomic E-state index is 0.0881. The summed E-state index contributed by atoms with van der Waals surface area (Å²) in [7, 11) is 2.02. The average Bonchev–Trinajstić information content (AvgIpc) is 3.07. The van der Waals surface area contributed by atoms with Gasteiger partial charge in [0.2, 0.25) is 5.91 Å². The van der Waals surface area contributed by atoms with Gasteiger partial charge in [0, 0.05) is 44.0 Å². The van der Waals surface area contributed by atoms with Gasteiger partial charge in [0.15, 0.2) is 0 Å². The van der Waals surface area contributed by atoms with E-state index in [4.69, 9.17) is 5.73 Å². The smallest absolute Gasteiger partial charge is 0.224 e. The SMILES string of the molecule is Cc1nc(CN(C)C(CN)CC(=O)N2CCCC2)cs1. The van der Waals surface area contributed by atoms with Gasteiger partial charge in [-0.25, -0.2) is 4.98 Å². The summed E-state index contributed by atoms with van der Waals surface area (Å²) < 4.78 is 0. The van der Waals surface area contributed by atoms with Crippen LogP contribution in [0.2, 0.25) is 0 Å². The molecule has 0 aliphatic carbocycles. The lowest BCUT2D eigenvalue weighted by atomic mass is 10.1. The normalized spacial score (nSPS) is 16.9. The van der Waals surface area contributed by atoms with Gasteiger partial charge >= 0.3 is 0 Å². The van der Waals surface area contributed by atoms with Crippen LogP contribution in [0.15, 0.2) is 5.38 Å². The van der Waals surface area contributed by atoms with Crippen LogP contribution in [0.4, 0.5) is 0 Å². The van der Waals surface area contributed by atoms with Crippen LogP contribution in [0.25, 0.3) is 0 Å². The molecule has 2 rings (SSSR count). The molecule has 1 aliphatic heterocycles. The number of thiazole rings is 1. The van der Waals surface area contributed by atoms with Crippen molar-refractivity contribution < 1.29 is 4.79 Å². The van der Waals surface area contributed by atoms with E-state index in [0.717, 1.165) is 43.2 Å². The fourth-order valence-corrected chi connectivity index (χ4v) is 3.19. The van der Waals surface area contributed by atoms with E-state index in [1.807, 2.05) is 18.9 Å². The Labute approximate surface area is 124 Å². The summed E-state index contributed by atoms with van der Waals surface area (Å²) in [6, 6.07) is 0.0881. The quantitative estimate of drug-likeness (QED) is 0.857. The number of nitrogens with two attached hydrogens (primary N) is 1. The molecule has 1 aliphatic rings. The number of carbonyl (C=O) groups is 1. The summed E-state index contributed by atoms with van der Waals surface area (Å²) in [4.78, 5) is 20.8. The van der Waals surface area contributed by atoms with Crippen LogP contribution in [0, 0.1) is 6.92 Å². The van der Waals surface area contributed by atoms with Crippen LogP contribution in [0.3, 0.4) is 0 Å². The molecule has 2 heterocycles. The predicted octanol–water partition coefficient (Wildman–Crippen LogP) is 1.22. The second-order valence-corrected chi connectivity index (χ2v) is 6.52. The molecule has 0 spiro atoms. The molecule has 1 atom stereocenters. The Balaban J connectivity index is 1.88. The summed E-state index contributed by atoms with van der Waals surface area (Å²) in [6.45, 7) is 5.07. The van der Waals surface area contributed by atoms with Crippen molar-refractivity contribution in [1.82, 2.24) is 14.8 Å². The highest BCUT2D eigenvalue weighted by Crippen LogP contribution is 2.14. The Kier molecular flexibility index (Phi) is 5.51. The van der Waals surface area contributed by atoms with Crippen molar-refractivity contribution in [3.63, 3.8) is 0 Å². The molecular formula is C14H24N4OS. The Hall–Kier alpha value is -0.980. The van der Waals surface area contributed by atoms with Crippen molar-refractivity contribution in [2.24, 2.45) is 5.73 Å². The van der Waals surface area contributed by atoms with Crippen molar-refractivity contribution >= 4 is 17.2 Å². The van der Waals surface area contributed by atoms with Crippen LogP contribution in [0.5, 0.6) is 0 Å². The standard InChI is InChI=1S/C14H24N4OS/c1-11-16-12(10-20-11)9-17(2)13(8-15)7-14(19)18-5-3-4-6-18/h10,13H,3-9,15H2,1-2H3. The molecule has 5 nitrogen and oxygen atoms in total. The van der Waals surface area contributed by atoms with E-state index in [9.17, 15) is 4.79 Å². The zero-order valence-corrected chi connectivity index (χ0v) is 13.2. The third kappa shape index (κ3) is 4.01. The van der Waals surface area contributed by atoms with E-state index in [2.05, 4.69) is 15.3 Å². The van der Waals surface area contributed by atoms with E-state index in [1.54, 1.807) is 11.3 Å². The lowest BCUT2D eigenvalue weighted by Crippen LogP contribution is -2.42. The van der Waals surface area contributed by atoms with Crippen molar-refractivity contribution in [2.45, 2.75) is 38.8 Å². The van der Waals surface area contributed by atoms with Gasteiger partial charge in [0.05, 0.1) is 10.7 Å². The van der Waals surface area contributed by atoms with Gasteiger partial charge in [-0.15, -0.1) is 11.3 Å². The first kappa shape index (κ1) is 15.4. The molecule has 1 saturated heterocycles. The van der Waals surface area contributed by atoms with Crippen molar-refractivity contribution in [1.29, 1.82) is 0 Å². The van der Waals surface area contributed by atoms with E-state index in [0.29, 0.717) is 13.0 Å². The average molecular weight is 296 g/mol. The summed E-state index contributed by atoms with van der Waals surface area (Å²) in [5.74, 6) is 0.235. The second kappa shape index (κ2) is 7.15. The molecule has 112 valence electrons. The maximum atomic E-state index is 12.2. The molecule has 1 aromatic rings. The number of nitrogens with zero attached hydrogens (tertiary/aromatic N) is 3. The number of hydrogen-bond donors (Lipinski definition) is 1. The molecule has 1 unspecified atom stereocenters. The molecule has 1 amide bonds. The number of aryl methyl sites for hydroxylation is 1. The minimum Gasteiger partial charge on any atom is -0.343 e. The maximum Gasteiger partial charge on any atom is 0.224 e. The zero-order valence-electron chi connectivity index (χ0n) is 12.3. The first-order chi connectivity index (χ1) is 9.60. The lowest BCUT2D eigenvalue weighted by molar-refractivity contribution is -0.131. The fraction of sp³-hybridized carbons (Fsp3) is 0.714. The highest BCUT2D eigenvalue weighted by Gasteiger charge is 2.23. The number of carbonyl (C=O) groups excluding carboxylic acids is 1. The third-order valence-corrected chi connectivity index (χ3v) is 4.66. The Morgan fingerprint density at radius 3 is 2.80 bits per heavy atom. The molecule has 1 fully saturated rings. The highest BCUT2D eigenvalue weighted by atomic mass is 32.1. The second-order valence-electron chi connectivity index (χ2n) is 5.45. The lowest BCUT2D eigenvalue weighted by Gasteiger charge is -2.27. The molecule has 0 bridgehead atoms. The van der Waals surface area contributed by atoms with Crippen LogP contribution in [-0.2, 0) is 11.3 Å². The third-order valence-electron chi connectivity index (χ3n) is 3.84. The van der Waals surface area contributed by atoms with Gasteiger partial charge in [-0.3, -0.25) is 9.69 Å². The van der Waals surface area contributed by atoms with E-state index < -0.39 is 0 Å². The van der Waals surface area contributed by atoms with Crippen LogP contribution in [-0.4, -0.2) is 53.4 Å². The highest BCUT2D eigenvalue weighted by molar-refractivity contribution is 7.09. The van der Waals surface area contributed by atoms with Crippen LogP contribution < -0.4 is 5.73 Å². The van der Waals surface area contributed by atoms with E-state index >= 15 is 0 Å². The zero-order chi connectivity index (χ0) is 14.5. The van der Waals surface area contributed by atoms with E-state index in [-0.39, 0.29) is 11.9 Å². The first-order valence-corrected chi connectivity index (χ1v) is 8.07. The minimum absolute atomic E-state index is 0.0881. The van der Waals surface area contributed by atoms with Crippen LogP contribution >= 0.6 is 11.3 Å². The van der Waals surface area contributed by atoms with Crippen molar-refractivity contribution in [2.75, 3.05) is 26.7 Å². The number of rotatable bonds is 6. The molecule has 6 heteroatoms. The number of aromatic nitrogens is 1. The maximum absolute atomic E-state index is 12.2. The summed E-state index contributed by atoms with van der Waals surface area (Å²) in [5.41, 5.74) is 6.91. The summed E-state index contributed by atoms with van der Waals surface area (Å²) >= 11 is 1.66. The van der Waals surface area contributed by atoms with Gasteiger partial charge in [-0.1, -0.05) is 0 Å². The number of likely N-dealkylation sites (tertiary alicyclic amines) is 1. The number of hydrogen-bond acceptors (Lipinski definition) is 5. The molecular weight excluding hydrogens is 272 g/mol. The van der Waals surface area contributed by atoms with Crippen LogP contribution in [0.1, 0.15) is 30.0 Å². The topological polar surface area (TPSA) is 62.5 Å². The summed E-state index contributed by atoms with van der Waals surface area (Å²) in [5, 5.41) is 3.15. The van der Waals surface area contributed by atoms with Gasteiger partial charge in [0.25, 0.3) is 0 Å². The van der Waals surface area contributed by atoms with Gasteiger partial charge in [-0.2, -0.15) is 0 Å². The van der Waals surface area contributed by atoms with Gasteiger partial charge in [0.1, 0.15) is 0 Å². The Morgan fingerprint density at radius 1 is 1.55 bits per heavy atom. The van der Waals surface area contributed by atoms with E-state index in [1.165, 1.54) is 0 Å². The number of likely N-dealkylation sites (N-methyl/N-ethyl adjacent to an activating group) is 1. The monoisotopic (exact) mass is 296 g/mol. The predicted molar refractivity (Wildman–Crippen MR) is 81.6 cm³/mol. The largest absolute Gasteiger partial charge is 0.343 e. The van der Waals surface area contributed by atoms with Gasteiger partial charge < -0.3 is 10.6 Å². The first-order valence-electron chi connectivity index (χ1n) is 7.19. The van der Waals surface area contributed by atoms with Crippen molar-refractivity contribution in [3.8, 4) is 0 Å². The Morgan fingerprint density at radius 2 is 2.25 bits per heavy atom. The molecule has 20 heavy (non-hydrogen) atoms. The molecule has 0 radical (unpaired) electrons. The molecule has 0 aromatic carbocycles. The molecule has 0 saturated carbocycles. The Bertz CT molecular complexity index is 442. The summed E-state index contributed by atoms with van der Waals surface area (Å²) in [6.07, 6.45) is 2.77.